The van der Waals surface area contributed by atoms with Crippen LogP contribution >= 0.6 is 0 Å². The van der Waals surface area contributed by atoms with Crippen molar-refractivity contribution >= 4 is 17.6 Å². The average molecular weight is 292 g/mol. The first-order chi connectivity index (χ1) is 9.85. The number of carboxylic acids is 1. The van der Waals surface area contributed by atoms with Crippen LogP contribution in [0.3, 0.4) is 0 Å². The number of likely N-dealkylation sites (N-methyl/N-ethyl adjacent to an activating group) is 1. The Bertz CT molecular complexity index is 485. The maximum absolute atomic E-state index is 11.9. The van der Waals surface area contributed by atoms with E-state index in [1.165, 1.54) is 10.5 Å². The molecule has 2 atom stereocenters. The number of carboxylic acid groups (broad SMARTS) is 1. The van der Waals surface area contributed by atoms with Crippen LogP contribution in [0.1, 0.15) is 38.7 Å². The number of nitrogens with one attached hydrogen (secondary N) is 1. The first-order valence-corrected chi connectivity index (χ1v) is 7.18. The minimum absolute atomic E-state index is 0.0422. The van der Waals surface area contributed by atoms with E-state index in [2.05, 4.69) is 19.2 Å². The molecule has 1 amide bonds. The highest BCUT2D eigenvalue weighted by molar-refractivity contribution is 5.92. The number of rotatable bonds is 7. The second kappa shape index (κ2) is 7.78. The molecule has 0 heterocycles. The van der Waals surface area contributed by atoms with Crippen LogP contribution in [0.5, 0.6) is 0 Å². The number of anilines is 1. The Hall–Kier alpha value is -1.88. The first-order valence-electron chi connectivity index (χ1n) is 7.18. The maximum Gasteiger partial charge on any atom is 0.320 e. The molecule has 1 aromatic carbocycles. The number of hydrogen-bond acceptors (Lipinski definition) is 3. The van der Waals surface area contributed by atoms with Crippen molar-refractivity contribution in [2.45, 2.75) is 39.2 Å². The maximum atomic E-state index is 11.9. The number of benzene rings is 1. The third-order valence-electron chi connectivity index (χ3n) is 3.79. The summed E-state index contributed by atoms with van der Waals surface area (Å²) in [5, 5.41) is 11.7. The fourth-order valence-electron chi connectivity index (χ4n) is 1.88. The summed E-state index contributed by atoms with van der Waals surface area (Å²) in [6.45, 7) is 5.90. The summed E-state index contributed by atoms with van der Waals surface area (Å²) < 4.78 is 0. The third kappa shape index (κ3) is 5.19. The topological polar surface area (TPSA) is 69.6 Å². The lowest BCUT2D eigenvalue weighted by atomic mass is 9.99. The fourth-order valence-corrected chi connectivity index (χ4v) is 1.88. The van der Waals surface area contributed by atoms with E-state index in [-0.39, 0.29) is 12.5 Å². The molecular weight excluding hydrogens is 268 g/mol. The molecule has 2 N–H and O–H groups in total. The van der Waals surface area contributed by atoms with E-state index in [0.717, 1.165) is 12.1 Å². The molecule has 0 saturated heterocycles. The SMILES string of the molecule is CCC(C)c1ccc(NC(=O)CN(C)C(C)C(=O)O)cc1. The van der Waals surface area contributed by atoms with Crippen LogP contribution in [0.15, 0.2) is 24.3 Å². The van der Waals surface area contributed by atoms with Gasteiger partial charge in [-0.3, -0.25) is 14.5 Å². The summed E-state index contributed by atoms with van der Waals surface area (Å²) in [6, 6.07) is 7.07. The lowest BCUT2D eigenvalue weighted by Crippen LogP contribution is -2.40. The smallest absolute Gasteiger partial charge is 0.320 e. The number of aliphatic carboxylic acids is 1. The second-order valence-electron chi connectivity index (χ2n) is 5.41. The Balaban J connectivity index is 2.57. The van der Waals surface area contributed by atoms with Gasteiger partial charge in [0.1, 0.15) is 6.04 Å². The van der Waals surface area contributed by atoms with E-state index < -0.39 is 12.0 Å². The van der Waals surface area contributed by atoms with Crippen LogP contribution in [0, 0.1) is 0 Å². The van der Waals surface area contributed by atoms with Crippen LogP contribution in [0.2, 0.25) is 0 Å². The van der Waals surface area contributed by atoms with Gasteiger partial charge < -0.3 is 10.4 Å². The highest BCUT2D eigenvalue weighted by atomic mass is 16.4. The summed E-state index contributed by atoms with van der Waals surface area (Å²) >= 11 is 0. The van der Waals surface area contributed by atoms with E-state index >= 15 is 0 Å². The normalized spacial score (nSPS) is 13.8. The van der Waals surface area contributed by atoms with E-state index in [1.54, 1.807) is 14.0 Å². The minimum Gasteiger partial charge on any atom is -0.480 e. The first kappa shape index (κ1) is 17.2. The van der Waals surface area contributed by atoms with Crippen molar-refractivity contribution in [3.05, 3.63) is 29.8 Å². The van der Waals surface area contributed by atoms with Gasteiger partial charge in [-0.05, 0) is 44.0 Å². The molecule has 0 saturated carbocycles. The number of carbonyl (C=O) groups excluding carboxylic acids is 1. The molecule has 0 fully saturated rings. The minimum atomic E-state index is -0.941. The van der Waals surface area contributed by atoms with Gasteiger partial charge in [0.2, 0.25) is 5.91 Å². The molecule has 0 spiro atoms. The highest BCUT2D eigenvalue weighted by Gasteiger charge is 2.19. The zero-order valence-electron chi connectivity index (χ0n) is 13.1. The molecule has 0 bridgehead atoms. The molecule has 0 radical (unpaired) electrons. The molecule has 0 aliphatic carbocycles. The van der Waals surface area contributed by atoms with Gasteiger partial charge in [-0.1, -0.05) is 26.0 Å². The lowest BCUT2D eigenvalue weighted by molar-refractivity contribution is -0.142. The monoisotopic (exact) mass is 292 g/mol. The molecule has 2 unspecified atom stereocenters. The van der Waals surface area contributed by atoms with Crippen molar-refractivity contribution < 1.29 is 14.7 Å². The van der Waals surface area contributed by atoms with E-state index in [4.69, 9.17) is 5.11 Å². The quantitative estimate of drug-likeness (QED) is 0.810. The van der Waals surface area contributed by atoms with Gasteiger partial charge in [0.15, 0.2) is 0 Å². The summed E-state index contributed by atoms with van der Waals surface area (Å²) in [4.78, 5) is 24.2. The van der Waals surface area contributed by atoms with Gasteiger partial charge in [-0.15, -0.1) is 0 Å². The van der Waals surface area contributed by atoms with Crippen molar-refractivity contribution in [3.8, 4) is 0 Å². The Morgan fingerprint density at radius 3 is 2.29 bits per heavy atom. The van der Waals surface area contributed by atoms with E-state index in [1.807, 2.05) is 24.3 Å². The Morgan fingerprint density at radius 1 is 1.24 bits per heavy atom. The van der Waals surface area contributed by atoms with Crippen LogP contribution < -0.4 is 5.32 Å². The molecule has 1 aromatic rings. The fraction of sp³-hybridized carbons (Fsp3) is 0.500. The Morgan fingerprint density at radius 2 is 1.81 bits per heavy atom. The van der Waals surface area contributed by atoms with Gasteiger partial charge in [0, 0.05) is 5.69 Å². The van der Waals surface area contributed by atoms with Crippen LogP contribution in [-0.2, 0) is 9.59 Å². The van der Waals surface area contributed by atoms with Crippen molar-refractivity contribution in [1.29, 1.82) is 0 Å². The number of nitrogens with zero attached hydrogens (tertiary/aromatic N) is 1. The third-order valence-corrected chi connectivity index (χ3v) is 3.79. The summed E-state index contributed by atoms with van der Waals surface area (Å²) in [5.41, 5.74) is 1.97. The van der Waals surface area contributed by atoms with Crippen LogP contribution in [-0.4, -0.2) is 41.5 Å². The molecular formula is C16H24N2O3. The largest absolute Gasteiger partial charge is 0.480 e. The zero-order valence-corrected chi connectivity index (χ0v) is 13.1. The van der Waals surface area contributed by atoms with Crippen LogP contribution in [0.25, 0.3) is 0 Å². The van der Waals surface area contributed by atoms with Crippen molar-refractivity contribution in [1.82, 2.24) is 4.90 Å². The predicted molar refractivity (Wildman–Crippen MR) is 83.5 cm³/mol. The number of amides is 1. The highest BCUT2D eigenvalue weighted by Crippen LogP contribution is 2.20. The second-order valence-corrected chi connectivity index (χ2v) is 5.41. The molecule has 1 rings (SSSR count). The van der Waals surface area contributed by atoms with E-state index in [0.29, 0.717) is 5.92 Å². The average Bonchev–Trinajstić information content (AvgIpc) is 2.46. The molecule has 116 valence electrons. The molecule has 21 heavy (non-hydrogen) atoms. The predicted octanol–water partition coefficient (Wildman–Crippen LogP) is 2.54. The van der Waals surface area contributed by atoms with Crippen molar-refractivity contribution in [3.63, 3.8) is 0 Å². The van der Waals surface area contributed by atoms with Gasteiger partial charge in [0.25, 0.3) is 0 Å². The summed E-state index contributed by atoms with van der Waals surface area (Å²) in [5.74, 6) is -0.664. The molecule has 5 nitrogen and oxygen atoms in total. The Kier molecular flexibility index (Phi) is 6.37. The van der Waals surface area contributed by atoms with Gasteiger partial charge in [-0.25, -0.2) is 0 Å². The number of carbonyl (C=O) groups is 2. The van der Waals surface area contributed by atoms with E-state index in [9.17, 15) is 9.59 Å². The van der Waals surface area contributed by atoms with Crippen LogP contribution in [0.4, 0.5) is 5.69 Å². The number of hydrogen-bond donors (Lipinski definition) is 2. The van der Waals surface area contributed by atoms with Gasteiger partial charge >= 0.3 is 5.97 Å². The lowest BCUT2D eigenvalue weighted by Gasteiger charge is -2.20. The molecule has 0 aliphatic heterocycles. The standard InChI is InChI=1S/C16H24N2O3/c1-5-11(2)13-6-8-14(9-7-13)17-15(19)10-18(4)12(3)16(20)21/h6-9,11-12H,5,10H2,1-4H3,(H,17,19)(H,20,21). The molecule has 0 aromatic heterocycles. The van der Waals surface area contributed by atoms with Crippen molar-refractivity contribution in [2.24, 2.45) is 0 Å². The summed E-state index contributed by atoms with van der Waals surface area (Å²) in [6.07, 6.45) is 1.07. The van der Waals surface area contributed by atoms with Gasteiger partial charge in [0.05, 0.1) is 6.54 Å². The summed E-state index contributed by atoms with van der Waals surface area (Å²) in [7, 11) is 1.62. The zero-order chi connectivity index (χ0) is 16.0. The van der Waals surface area contributed by atoms with Gasteiger partial charge in [-0.2, -0.15) is 0 Å². The molecule has 0 aliphatic rings. The Labute approximate surface area is 126 Å². The van der Waals surface area contributed by atoms with Crippen molar-refractivity contribution in [2.75, 3.05) is 18.9 Å². The molecule has 5 heteroatoms.